The Bertz CT molecular complexity index is 67.0. The highest BCUT2D eigenvalue weighted by atomic mass is 28.2. The molecule has 0 unspecified atom stereocenters. The van der Waals surface area contributed by atoms with Crippen molar-refractivity contribution in [3.8, 4) is 0 Å². The molecule has 0 aromatic rings. The van der Waals surface area contributed by atoms with Crippen molar-refractivity contribution in [1.29, 1.82) is 0 Å². The molecule has 0 atom stereocenters. The van der Waals surface area contributed by atoms with Crippen molar-refractivity contribution in [2.45, 2.75) is 38.8 Å². The average Bonchev–Trinajstić information content (AvgIpc) is 1.89. The molecule has 0 aromatic heterocycles. The second-order valence-corrected chi connectivity index (χ2v) is 4.54. The molecule has 0 rings (SSSR count). The first kappa shape index (κ1) is 8.96. The van der Waals surface area contributed by atoms with Gasteiger partial charge >= 0.3 is 0 Å². The molecule has 0 aromatic carbocycles. The number of hydrogen-bond acceptors (Lipinski definition) is 0. The Morgan fingerprint density at radius 1 is 1.33 bits per heavy atom. The second kappa shape index (κ2) is 7.96. The lowest BCUT2D eigenvalue weighted by Gasteiger charge is -1.91. The minimum atomic E-state index is 0.340. The Hall–Kier alpha value is -0.0431. The van der Waals surface area contributed by atoms with Crippen LogP contribution >= 0.6 is 0 Å². The summed E-state index contributed by atoms with van der Waals surface area (Å²) < 4.78 is 0. The normalized spacial score (nSPS) is 12.2. The van der Waals surface area contributed by atoms with E-state index in [1.165, 1.54) is 24.9 Å². The molecule has 0 aliphatic carbocycles. The van der Waals surface area contributed by atoms with Crippen molar-refractivity contribution >= 4 is 9.52 Å². The lowest BCUT2D eigenvalue weighted by atomic mass is 10.4. The van der Waals surface area contributed by atoms with E-state index in [4.69, 9.17) is 0 Å². The van der Waals surface area contributed by atoms with Crippen LogP contribution in [0.5, 0.6) is 0 Å². The average molecular weight is 142 g/mol. The van der Waals surface area contributed by atoms with Gasteiger partial charge in [-0.25, -0.2) is 0 Å². The minimum absolute atomic E-state index is 0.340. The molecule has 9 heavy (non-hydrogen) atoms. The molecule has 0 heterocycles. The van der Waals surface area contributed by atoms with Gasteiger partial charge in [0.2, 0.25) is 0 Å². The SMILES string of the molecule is CC=CCC[SiH2]CCC. The fraction of sp³-hybridized carbons (Fsp3) is 0.750. The van der Waals surface area contributed by atoms with Gasteiger partial charge in [-0.3, -0.25) is 0 Å². The second-order valence-electron chi connectivity index (χ2n) is 2.42. The highest BCUT2D eigenvalue weighted by Crippen LogP contribution is 1.95. The maximum absolute atomic E-state index is 2.28. The Labute approximate surface area is 61.2 Å². The Morgan fingerprint density at radius 2 is 2.11 bits per heavy atom. The maximum Gasteiger partial charge on any atom is 0.0200 e. The first-order valence-electron chi connectivity index (χ1n) is 4.03. The molecule has 0 saturated carbocycles. The van der Waals surface area contributed by atoms with E-state index in [1.54, 1.807) is 0 Å². The first-order chi connectivity index (χ1) is 4.41. The van der Waals surface area contributed by atoms with Crippen LogP contribution in [0.1, 0.15) is 26.7 Å². The van der Waals surface area contributed by atoms with Crippen molar-refractivity contribution in [2.24, 2.45) is 0 Å². The van der Waals surface area contributed by atoms with Gasteiger partial charge in [0.15, 0.2) is 0 Å². The van der Waals surface area contributed by atoms with Crippen molar-refractivity contribution in [2.75, 3.05) is 0 Å². The van der Waals surface area contributed by atoms with Crippen molar-refractivity contribution in [1.82, 2.24) is 0 Å². The van der Waals surface area contributed by atoms with E-state index in [0.717, 1.165) is 0 Å². The molecule has 0 aliphatic rings. The summed E-state index contributed by atoms with van der Waals surface area (Å²) in [5, 5.41) is 0. The van der Waals surface area contributed by atoms with E-state index in [2.05, 4.69) is 26.0 Å². The summed E-state index contributed by atoms with van der Waals surface area (Å²) in [6.07, 6.45) is 7.17. The largest absolute Gasteiger partial charge is 0.0917 e. The molecule has 54 valence electrons. The molecule has 0 saturated heterocycles. The smallest absolute Gasteiger partial charge is 0.0200 e. The Morgan fingerprint density at radius 3 is 2.67 bits per heavy atom. The van der Waals surface area contributed by atoms with Gasteiger partial charge < -0.3 is 0 Å². The van der Waals surface area contributed by atoms with Gasteiger partial charge in [-0.05, 0) is 13.3 Å². The zero-order valence-corrected chi connectivity index (χ0v) is 8.10. The number of hydrogen-bond donors (Lipinski definition) is 0. The van der Waals surface area contributed by atoms with E-state index in [1.807, 2.05) is 0 Å². The highest BCUT2D eigenvalue weighted by molar-refractivity contribution is 6.35. The van der Waals surface area contributed by atoms with Gasteiger partial charge in [0.05, 0.1) is 0 Å². The van der Waals surface area contributed by atoms with Crippen LogP contribution in [-0.4, -0.2) is 9.52 Å². The van der Waals surface area contributed by atoms with Gasteiger partial charge in [0.25, 0.3) is 0 Å². The number of allylic oxidation sites excluding steroid dienone is 2. The fourth-order valence-corrected chi connectivity index (χ4v) is 2.23. The Balaban J connectivity index is 2.75. The maximum atomic E-state index is 2.28. The lowest BCUT2D eigenvalue weighted by Crippen LogP contribution is -1.85. The van der Waals surface area contributed by atoms with Crippen LogP contribution in [0.25, 0.3) is 0 Å². The van der Waals surface area contributed by atoms with Gasteiger partial charge in [-0.2, -0.15) is 0 Å². The monoisotopic (exact) mass is 142 g/mol. The van der Waals surface area contributed by atoms with Crippen molar-refractivity contribution in [3.05, 3.63) is 12.2 Å². The number of rotatable bonds is 5. The predicted molar refractivity (Wildman–Crippen MR) is 47.9 cm³/mol. The molecule has 0 amide bonds. The summed E-state index contributed by atoms with van der Waals surface area (Å²) in [5.74, 6) is 0. The molecule has 0 N–H and O–H groups in total. The lowest BCUT2D eigenvalue weighted by molar-refractivity contribution is 1.05. The van der Waals surface area contributed by atoms with Crippen LogP contribution in [0.4, 0.5) is 0 Å². The van der Waals surface area contributed by atoms with Crippen LogP contribution in [0, 0.1) is 0 Å². The van der Waals surface area contributed by atoms with Crippen LogP contribution < -0.4 is 0 Å². The topological polar surface area (TPSA) is 0 Å². The highest BCUT2D eigenvalue weighted by Gasteiger charge is 1.83. The van der Waals surface area contributed by atoms with Gasteiger partial charge in [0, 0.05) is 9.52 Å². The summed E-state index contributed by atoms with van der Waals surface area (Å²) in [4.78, 5) is 0. The van der Waals surface area contributed by atoms with Gasteiger partial charge in [-0.1, -0.05) is 37.6 Å². The molecule has 0 fully saturated rings. The van der Waals surface area contributed by atoms with E-state index < -0.39 is 0 Å². The molecular weight excluding hydrogens is 124 g/mol. The zero-order chi connectivity index (χ0) is 6.95. The molecule has 0 spiro atoms. The van der Waals surface area contributed by atoms with E-state index >= 15 is 0 Å². The minimum Gasteiger partial charge on any atom is -0.0917 e. The third kappa shape index (κ3) is 7.96. The third-order valence-electron chi connectivity index (χ3n) is 1.46. The summed E-state index contributed by atoms with van der Waals surface area (Å²) in [5.41, 5.74) is 0. The van der Waals surface area contributed by atoms with E-state index in [-0.39, 0.29) is 0 Å². The molecule has 0 aliphatic heterocycles. The third-order valence-corrected chi connectivity index (χ3v) is 3.58. The van der Waals surface area contributed by atoms with Crippen LogP contribution in [0.15, 0.2) is 12.2 Å². The standard InChI is InChI=1S/C8H18Si/c1-3-5-6-8-9-7-4-2/h3,5H,4,6-9H2,1-2H3. The van der Waals surface area contributed by atoms with Crippen LogP contribution in [0.3, 0.4) is 0 Å². The molecule has 0 bridgehead atoms. The quantitative estimate of drug-likeness (QED) is 0.314. The molecular formula is C8H18Si. The fourth-order valence-electron chi connectivity index (χ4n) is 0.856. The Kier molecular flexibility index (Phi) is 7.92. The van der Waals surface area contributed by atoms with Crippen molar-refractivity contribution < 1.29 is 0 Å². The van der Waals surface area contributed by atoms with E-state index in [9.17, 15) is 0 Å². The van der Waals surface area contributed by atoms with Crippen molar-refractivity contribution in [3.63, 3.8) is 0 Å². The summed E-state index contributed by atoms with van der Waals surface area (Å²) in [6.45, 7) is 4.38. The van der Waals surface area contributed by atoms with E-state index in [0.29, 0.717) is 9.52 Å². The molecule has 0 radical (unpaired) electrons. The molecule has 0 nitrogen and oxygen atoms in total. The van der Waals surface area contributed by atoms with Gasteiger partial charge in [0.1, 0.15) is 0 Å². The van der Waals surface area contributed by atoms with Crippen LogP contribution in [-0.2, 0) is 0 Å². The summed E-state index contributed by atoms with van der Waals surface area (Å²) in [6, 6.07) is 3.05. The van der Waals surface area contributed by atoms with Gasteiger partial charge in [-0.15, -0.1) is 0 Å². The predicted octanol–water partition coefficient (Wildman–Crippen LogP) is 2.37. The summed E-state index contributed by atoms with van der Waals surface area (Å²) in [7, 11) is 0.340. The van der Waals surface area contributed by atoms with Crippen LogP contribution in [0.2, 0.25) is 12.1 Å². The first-order valence-corrected chi connectivity index (χ1v) is 6.03. The zero-order valence-electron chi connectivity index (χ0n) is 6.69. The summed E-state index contributed by atoms with van der Waals surface area (Å²) >= 11 is 0. The molecule has 1 heteroatoms.